The van der Waals surface area contributed by atoms with E-state index in [1.807, 2.05) is 0 Å². The summed E-state index contributed by atoms with van der Waals surface area (Å²) in [7, 11) is 0. The number of esters is 3. The molecule has 0 N–H and O–H groups in total. The number of hydrogen-bond donors (Lipinski definition) is 0. The van der Waals surface area contributed by atoms with Crippen LogP contribution in [0.5, 0.6) is 0 Å². The SMILES string of the molecule is CCCCC/C=C\C/C=C\C/C=C\C/C=C\CCCC(=O)OC[C@@H](COC(=O)CCCCCCCCCCC)OC(=O)CCCCCCCCCCC. The van der Waals surface area contributed by atoms with Crippen molar-refractivity contribution in [3.8, 4) is 0 Å². The van der Waals surface area contributed by atoms with E-state index >= 15 is 0 Å². The lowest BCUT2D eigenvalue weighted by Crippen LogP contribution is -2.30. The molecule has 0 bridgehead atoms. The van der Waals surface area contributed by atoms with Gasteiger partial charge in [-0.2, -0.15) is 0 Å². The van der Waals surface area contributed by atoms with E-state index in [0.29, 0.717) is 19.3 Å². The van der Waals surface area contributed by atoms with Crippen LogP contribution in [0.1, 0.15) is 213 Å². The second-order valence-electron chi connectivity index (χ2n) is 14.6. The van der Waals surface area contributed by atoms with Gasteiger partial charge in [-0.3, -0.25) is 14.4 Å². The first kappa shape index (κ1) is 50.4. The van der Waals surface area contributed by atoms with Gasteiger partial charge in [-0.1, -0.05) is 185 Å². The van der Waals surface area contributed by atoms with Crippen molar-refractivity contribution >= 4 is 17.9 Å². The number of hydrogen-bond acceptors (Lipinski definition) is 6. The van der Waals surface area contributed by atoms with Gasteiger partial charge in [0.25, 0.3) is 0 Å². The number of ether oxygens (including phenoxy) is 3. The van der Waals surface area contributed by atoms with Gasteiger partial charge in [0.1, 0.15) is 13.2 Å². The van der Waals surface area contributed by atoms with Crippen LogP contribution in [0, 0.1) is 0 Å². The maximum atomic E-state index is 12.6. The van der Waals surface area contributed by atoms with Crippen LogP contribution in [-0.2, 0) is 28.6 Å². The van der Waals surface area contributed by atoms with Crippen LogP contribution in [0.2, 0.25) is 0 Å². The monoisotopic (exact) mass is 743 g/mol. The molecule has 6 heteroatoms. The van der Waals surface area contributed by atoms with Crippen LogP contribution in [0.4, 0.5) is 0 Å². The largest absolute Gasteiger partial charge is 0.462 e. The van der Waals surface area contributed by atoms with Gasteiger partial charge in [0, 0.05) is 19.3 Å². The molecule has 0 saturated carbocycles. The van der Waals surface area contributed by atoms with E-state index in [0.717, 1.165) is 64.2 Å². The van der Waals surface area contributed by atoms with Crippen LogP contribution >= 0.6 is 0 Å². The van der Waals surface area contributed by atoms with Gasteiger partial charge in [0.05, 0.1) is 0 Å². The Bertz CT molecular complexity index is 949. The lowest BCUT2D eigenvalue weighted by atomic mass is 10.1. The first-order valence-electron chi connectivity index (χ1n) is 22.1. The van der Waals surface area contributed by atoms with Crippen molar-refractivity contribution in [2.45, 2.75) is 219 Å². The van der Waals surface area contributed by atoms with Crippen molar-refractivity contribution in [1.82, 2.24) is 0 Å². The van der Waals surface area contributed by atoms with Crippen molar-refractivity contribution in [2.75, 3.05) is 13.2 Å². The summed E-state index contributed by atoms with van der Waals surface area (Å²) in [4.78, 5) is 37.5. The summed E-state index contributed by atoms with van der Waals surface area (Å²) in [5.74, 6) is -0.954. The third kappa shape index (κ3) is 40.4. The van der Waals surface area contributed by atoms with E-state index < -0.39 is 6.10 Å². The van der Waals surface area contributed by atoms with Crippen molar-refractivity contribution < 1.29 is 28.6 Å². The van der Waals surface area contributed by atoms with E-state index in [9.17, 15) is 14.4 Å². The fourth-order valence-corrected chi connectivity index (χ4v) is 5.96. The Kier molecular flexibility index (Phi) is 40.0. The molecular weight excluding hydrogens is 661 g/mol. The zero-order chi connectivity index (χ0) is 38.7. The van der Waals surface area contributed by atoms with Crippen LogP contribution in [0.15, 0.2) is 48.6 Å². The van der Waals surface area contributed by atoms with E-state index in [1.54, 1.807) is 0 Å². The van der Waals surface area contributed by atoms with E-state index in [1.165, 1.54) is 103 Å². The van der Waals surface area contributed by atoms with Gasteiger partial charge < -0.3 is 14.2 Å². The molecule has 53 heavy (non-hydrogen) atoms. The van der Waals surface area contributed by atoms with Gasteiger partial charge in [0.15, 0.2) is 6.10 Å². The number of carbonyl (C=O) groups excluding carboxylic acids is 3. The number of carbonyl (C=O) groups is 3. The Morgan fingerprint density at radius 3 is 1.13 bits per heavy atom. The van der Waals surface area contributed by atoms with Crippen molar-refractivity contribution in [3.63, 3.8) is 0 Å². The number of rotatable bonds is 39. The molecule has 0 aromatic rings. The molecule has 0 unspecified atom stereocenters. The molecule has 0 heterocycles. The lowest BCUT2D eigenvalue weighted by Gasteiger charge is -2.18. The third-order valence-electron chi connectivity index (χ3n) is 9.34. The van der Waals surface area contributed by atoms with Gasteiger partial charge >= 0.3 is 17.9 Å². The highest BCUT2D eigenvalue weighted by atomic mass is 16.6. The molecule has 0 amide bonds. The van der Waals surface area contributed by atoms with Gasteiger partial charge in [-0.05, 0) is 57.8 Å². The molecule has 0 aromatic carbocycles. The van der Waals surface area contributed by atoms with Gasteiger partial charge in [-0.15, -0.1) is 0 Å². The molecule has 0 radical (unpaired) electrons. The number of allylic oxidation sites excluding steroid dienone is 8. The van der Waals surface area contributed by atoms with Crippen LogP contribution in [-0.4, -0.2) is 37.2 Å². The Hall–Kier alpha value is -2.63. The van der Waals surface area contributed by atoms with Crippen molar-refractivity contribution in [3.05, 3.63) is 48.6 Å². The summed E-state index contributed by atoms with van der Waals surface area (Å²) in [6, 6.07) is 0. The quantitative estimate of drug-likeness (QED) is 0.0270. The van der Waals surface area contributed by atoms with Gasteiger partial charge in [-0.25, -0.2) is 0 Å². The minimum absolute atomic E-state index is 0.0880. The summed E-state index contributed by atoms with van der Waals surface area (Å²) in [5, 5.41) is 0. The molecule has 1 atom stereocenters. The summed E-state index contributed by atoms with van der Waals surface area (Å²) in [5.41, 5.74) is 0. The summed E-state index contributed by atoms with van der Waals surface area (Å²) < 4.78 is 16.6. The lowest BCUT2D eigenvalue weighted by molar-refractivity contribution is -0.167. The molecule has 6 nitrogen and oxygen atoms in total. The predicted molar refractivity (Wildman–Crippen MR) is 224 cm³/mol. The topological polar surface area (TPSA) is 78.9 Å². The van der Waals surface area contributed by atoms with Gasteiger partial charge in [0.2, 0.25) is 0 Å². The average molecular weight is 743 g/mol. The molecule has 0 spiro atoms. The molecule has 0 fully saturated rings. The average Bonchev–Trinajstić information content (AvgIpc) is 3.15. The Labute approximate surface area is 327 Å². The van der Waals surface area contributed by atoms with Crippen molar-refractivity contribution in [1.29, 1.82) is 0 Å². The fourth-order valence-electron chi connectivity index (χ4n) is 5.96. The summed E-state index contributed by atoms with van der Waals surface area (Å²) in [6.45, 7) is 6.50. The highest BCUT2D eigenvalue weighted by molar-refractivity contribution is 5.71. The predicted octanol–water partition coefficient (Wildman–Crippen LogP) is 14.0. The van der Waals surface area contributed by atoms with Crippen molar-refractivity contribution in [2.24, 2.45) is 0 Å². The normalized spacial score (nSPS) is 12.4. The molecule has 0 saturated heterocycles. The minimum Gasteiger partial charge on any atom is -0.462 e. The van der Waals surface area contributed by atoms with Crippen LogP contribution in [0.3, 0.4) is 0 Å². The van der Waals surface area contributed by atoms with E-state index in [4.69, 9.17) is 14.2 Å². The maximum Gasteiger partial charge on any atom is 0.306 e. The minimum atomic E-state index is -0.786. The first-order chi connectivity index (χ1) is 26.0. The first-order valence-corrected chi connectivity index (χ1v) is 22.1. The highest BCUT2D eigenvalue weighted by Gasteiger charge is 2.19. The summed E-state index contributed by atoms with van der Waals surface area (Å²) >= 11 is 0. The highest BCUT2D eigenvalue weighted by Crippen LogP contribution is 2.13. The second-order valence-corrected chi connectivity index (χ2v) is 14.6. The zero-order valence-electron chi connectivity index (χ0n) is 34.8. The Morgan fingerprint density at radius 2 is 0.698 bits per heavy atom. The summed E-state index contributed by atoms with van der Waals surface area (Å²) in [6.07, 6.45) is 48.2. The second kappa shape index (κ2) is 42.1. The smallest absolute Gasteiger partial charge is 0.306 e. The molecule has 306 valence electrons. The van der Waals surface area contributed by atoms with Crippen LogP contribution < -0.4 is 0 Å². The fraction of sp³-hybridized carbons (Fsp3) is 0.766. The zero-order valence-corrected chi connectivity index (χ0v) is 34.8. The Morgan fingerprint density at radius 1 is 0.377 bits per heavy atom. The molecule has 0 aromatic heterocycles. The van der Waals surface area contributed by atoms with Crippen LogP contribution in [0.25, 0.3) is 0 Å². The molecule has 0 aliphatic heterocycles. The molecular formula is C47H82O6. The standard InChI is InChI=1S/C47H82O6/c1-4-7-10-13-16-19-20-21-22-23-24-25-26-29-31-34-37-40-46(49)52-43-44(53-47(50)41-38-35-32-28-18-15-12-9-6-3)42-51-45(48)39-36-33-30-27-17-14-11-8-5-2/h16,19,21-22,24-25,29,31,44H,4-15,17-18,20,23,26-28,30,32-43H2,1-3H3/b19-16-,22-21-,25-24-,31-29-/t44-/m1/s1. The molecule has 0 aliphatic rings. The molecule has 0 aliphatic carbocycles. The third-order valence-corrected chi connectivity index (χ3v) is 9.34. The number of unbranched alkanes of at least 4 members (excludes halogenated alkanes) is 20. The van der Waals surface area contributed by atoms with E-state index in [-0.39, 0.29) is 37.5 Å². The van der Waals surface area contributed by atoms with E-state index in [2.05, 4.69) is 69.4 Å². The maximum absolute atomic E-state index is 12.6. The Balaban J connectivity index is 4.41. The molecule has 0 rings (SSSR count).